The van der Waals surface area contributed by atoms with Crippen LogP contribution in [0.1, 0.15) is 19.3 Å². The lowest BCUT2D eigenvalue weighted by Gasteiger charge is -2.53. The largest absolute Gasteiger partial charge is 0.396 e. The highest BCUT2D eigenvalue weighted by atomic mass is 32.2. The van der Waals surface area contributed by atoms with Crippen LogP contribution in [-0.4, -0.2) is 71.6 Å². The van der Waals surface area contributed by atoms with E-state index in [1.165, 1.54) is 29.6 Å². The number of aromatic amines is 1. The maximum atomic E-state index is 13.3. The van der Waals surface area contributed by atoms with Gasteiger partial charge in [0, 0.05) is 31.6 Å². The summed E-state index contributed by atoms with van der Waals surface area (Å²) >= 11 is 0. The first-order chi connectivity index (χ1) is 13.7. The Hall–Kier alpha value is -2.01. The number of nitrogens with one attached hydrogen (secondary N) is 1. The molecule has 0 amide bonds. The van der Waals surface area contributed by atoms with Crippen LogP contribution in [0.2, 0.25) is 0 Å². The highest BCUT2D eigenvalue weighted by Gasteiger charge is 2.48. The number of hydrogen-bond acceptors (Lipinski definition) is 6. The maximum absolute atomic E-state index is 13.3. The van der Waals surface area contributed by atoms with Crippen molar-refractivity contribution in [2.24, 2.45) is 12.5 Å². The number of likely N-dealkylation sites (tertiary alicyclic amines) is 1. The van der Waals surface area contributed by atoms with Crippen molar-refractivity contribution < 1.29 is 13.5 Å². The van der Waals surface area contributed by atoms with Gasteiger partial charge in [0.05, 0.1) is 22.4 Å². The number of piperidine rings is 2. The number of H-pyrrole nitrogens is 1. The Kier molecular flexibility index (Phi) is 4.93. The van der Waals surface area contributed by atoms with E-state index < -0.39 is 21.3 Å². The number of nitrogens with zero attached hydrogens (tertiary/aromatic N) is 3. The summed E-state index contributed by atoms with van der Waals surface area (Å²) in [4.78, 5) is 28.9. The molecule has 1 aromatic heterocycles. The van der Waals surface area contributed by atoms with Crippen LogP contribution < -0.4 is 11.2 Å². The Morgan fingerprint density at radius 2 is 1.97 bits per heavy atom. The molecule has 1 aromatic carbocycles. The van der Waals surface area contributed by atoms with Gasteiger partial charge >= 0.3 is 5.69 Å². The van der Waals surface area contributed by atoms with E-state index in [9.17, 15) is 23.1 Å². The van der Waals surface area contributed by atoms with Gasteiger partial charge in [-0.3, -0.25) is 9.36 Å². The minimum Gasteiger partial charge on any atom is -0.396 e. The molecule has 2 aliphatic rings. The van der Waals surface area contributed by atoms with Crippen molar-refractivity contribution in [3.05, 3.63) is 39.0 Å². The zero-order valence-electron chi connectivity index (χ0n) is 16.6. The SMILES string of the molecule is CN1CCC[C@]2(CO)CCN(S(=O)(=O)c3ccc4[nH]c(=O)n(C)c(=O)c4c3)C[C@@H]12. The first kappa shape index (κ1) is 20.3. The Bertz CT molecular complexity index is 1170. The number of hydrogen-bond donors (Lipinski definition) is 2. The van der Waals surface area contributed by atoms with Gasteiger partial charge in [0.15, 0.2) is 0 Å². The third-order valence-electron chi connectivity index (χ3n) is 6.69. The highest BCUT2D eigenvalue weighted by molar-refractivity contribution is 7.89. The molecule has 0 aliphatic carbocycles. The Morgan fingerprint density at radius 3 is 2.69 bits per heavy atom. The topological polar surface area (TPSA) is 116 Å². The smallest absolute Gasteiger partial charge is 0.328 e. The molecule has 0 spiro atoms. The molecule has 0 unspecified atom stereocenters. The van der Waals surface area contributed by atoms with Crippen LogP contribution in [-0.2, 0) is 17.1 Å². The van der Waals surface area contributed by atoms with E-state index in [1.54, 1.807) is 0 Å². The maximum Gasteiger partial charge on any atom is 0.328 e. The van der Waals surface area contributed by atoms with E-state index in [2.05, 4.69) is 9.88 Å². The van der Waals surface area contributed by atoms with Crippen molar-refractivity contribution in [1.82, 2.24) is 18.8 Å². The van der Waals surface area contributed by atoms with Crippen LogP contribution in [0.3, 0.4) is 0 Å². The molecule has 158 valence electrons. The van der Waals surface area contributed by atoms with Crippen molar-refractivity contribution >= 4 is 20.9 Å². The number of benzene rings is 1. The van der Waals surface area contributed by atoms with Crippen molar-refractivity contribution in [3.63, 3.8) is 0 Å². The molecule has 2 saturated heterocycles. The van der Waals surface area contributed by atoms with E-state index >= 15 is 0 Å². The van der Waals surface area contributed by atoms with E-state index in [-0.39, 0.29) is 28.3 Å². The molecule has 2 N–H and O–H groups in total. The standard InChI is InChI=1S/C19H26N4O5S/c1-21-8-3-6-19(12-24)7-9-23(11-16(19)21)29(27,28)13-4-5-15-14(10-13)17(25)22(2)18(26)20-15/h4-5,10,16,24H,3,6-9,11-12H2,1-2H3,(H,20,26)/t16-,19-/m1/s1. The molecule has 2 atom stereocenters. The second-order valence-electron chi connectivity index (χ2n) is 8.24. The zero-order valence-corrected chi connectivity index (χ0v) is 17.4. The van der Waals surface area contributed by atoms with Gasteiger partial charge in [-0.15, -0.1) is 0 Å². The fourth-order valence-electron chi connectivity index (χ4n) is 4.80. The summed E-state index contributed by atoms with van der Waals surface area (Å²) < 4.78 is 29.0. The number of aliphatic hydroxyl groups is 1. The lowest BCUT2D eigenvalue weighted by atomic mass is 9.69. The molecule has 29 heavy (non-hydrogen) atoms. The normalized spacial score (nSPS) is 26.5. The molecule has 0 saturated carbocycles. The number of rotatable bonds is 3. The summed E-state index contributed by atoms with van der Waals surface area (Å²) in [6.45, 7) is 1.56. The van der Waals surface area contributed by atoms with Crippen LogP contribution in [0.25, 0.3) is 10.9 Å². The van der Waals surface area contributed by atoms with Crippen LogP contribution in [0, 0.1) is 5.41 Å². The second kappa shape index (κ2) is 7.05. The third-order valence-corrected chi connectivity index (χ3v) is 8.55. The highest BCUT2D eigenvalue weighted by Crippen LogP contribution is 2.42. The van der Waals surface area contributed by atoms with Crippen LogP contribution in [0.5, 0.6) is 0 Å². The first-order valence-corrected chi connectivity index (χ1v) is 11.2. The van der Waals surface area contributed by atoms with Crippen LogP contribution in [0.15, 0.2) is 32.7 Å². The lowest BCUT2D eigenvalue weighted by Crippen LogP contribution is -2.62. The van der Waals surface area contributed by atoms with E-state index in [0.717, 1.165) is 24.0 Å². The zero-order chi connectivity index (χ0) is 21.0. The predicted molar refractivity (Wildman–Crippen MR) is 108 cm³/mol. The van der Waals surface area contributed by atoms with Crippen LogP contribution >= 0.6 is 0 Å². The van der Waals surface area contributed by atoms with Crippen molar-refractivity contribution in [2.45, 2.75) is 30.2 Å². The van der Waals surface area contributed by atoms with Gasteiger partial charge in [0.1, 0.15) is 0 Å². The molecule has 2 aliphatic heterocycles. The fraction of sp³-hybridized carbons (Fsp3) is 0.579. The molecule has 4 rings (SSSR count). The van der Waals surface area contributed by atoms with Crippen LogP contribution in [0.4, 0.5) is 0 Å². The average molecular weight is 423 g/mol. The minimum absolute atomic E-state index is 0.0316. The van der Waals surface area contributed by atoms with Gasteiger partial charge in [-0.05, 0) is 51.1 Å². The van der Waals surface area contributed by atoms with Gasteiger partial charge < -0.3 is 15.0 Å². The Balaban J connectivity index is 1.72. The summed E-state index contributed by atoms with van der Waals surface area (Å²) in [6.07, 6.45) is 2.48. The van der Waals surface area contributed by atoms with Gasteiger partial charge in [-0.25, -0.2) is 13.2 Å². The van der Waals surface area contributed by atoms with Gasteiger partial charge in [-0.2, -0.15) is 4.31 Å². The number of sulfonamides is 1. The summed E-state index contributed by atoms with van der Waals surface area (Å²) in [7, 11) is -0.498. The quantitative estimate of drug-likeness (QED) is 0.701. The monoisotopic (exact) mass is 422 g/mol. The fourth-order valence-corrected chi connectivity index (χ4v) is 6.27. The summed E-state index contributed by atoms with van der Waals surface area (Å²) in [6, 6.07) is 4.17. The van der Waals surface area contributed by atoms with Gasteiger partial charge in [0.25, 0.3) is 5.56 Å². The van der Waals surface area contributed by atoms with Gasteiger partial charge in [-0.1, -0.05) is 0 Å². The summed E-state index contributed by atoms with van der Waals surface area (Å²) in [5, 5.41) is 10.2. The van der Waals surface area contributed by atoms with Crippen molar-refractivity contribution in [3.8, 4) is 0 Å². The molecular weight excluding hydrogens is 396 g/mol. The Morgan fingerprint density at radius 1 is 1.21 bits per heavy atom. The summed E-state index contributed by atoms with van der Waals surface area (Å²) in [5.41, 5.74) is -1.04. The third kappa shape index (κ3) is 3.14. The first-order valence-electron chi connectivity index (χ1n) is 9.74. The van der Waals surface area contributed by atoms with E-state index in [1.807, 2.05) is 7.05 Å². The number of aromatic nitrogens is 2. The molecular formula is C19H26N4O5S. The van der Waals surface area contributed by atoms with Gasteiger partial charge in [0.2, 0.25) is 10.0 Å². The Labute approximate surface area is 168 Å². The number of fused-ring (bicyclic) bond motifs is 2. The second-order valence-corrected chi connectivity index (χ2v) is 10.2. The van der Waals surface area contributed by atoms with E-state index in [0.29, 0.717) is 25.0 Å². The summed E-state index contributed by atoms with van der Waals surface area (Å²) in [5.74, 6) is 0. The van der Waals surface area contributed by atoms with Crippen molar-refractivity contribution in [2.75, 3.05) is 33.3 Å². The minimum atomic E-state index is -3.82. The average Bonchev–Trinajstić information content (AvgIpc) is 2.71. The lowest BCUT2D eigenvalue weighted by molar-refractivity contribution is -0.0508. The predicted octanol–water partition coefficient (Wildman–Crippen LogP) is -0.306. The molecule has 0 bridgehead atoms. The molecule has 0 radical (unpaired) electrons. The number of likely N-dealkylation sites (N-methyl/N-ethyl adjacent to an activating group) is 1. The van der Waals surface area contributed by atoms with E-state index in [4.69, 9.17) is 0 Å². The molecule has 2 fully saturated rings. The molecule has 3 heterocycles. The molecule has 2 aromatic rings. The number of aliphatic hydroxyl groups excluding tert-OH is 1. The van der Waals surface area contributed by atoms with Crippen molar-refractivity contribution in [1.29, 1.82) is 0 Å². The molecule has 9 nitrogen and oxygen atoms in total. The molecule has 10 heteroatoms.